The third-order valence-electron chi connectivity index (χ3n) is 4.66. The Morgan fingerprint density at radius 1 is 1.19 bits per heavy atom. The van der Waals surface area contributed by atoms with Crippen LogP contribution in [0.15, 0.2) is 42.5 Å². The molecule has 1 aliphatic rings. The molecular formula is C20H23N3O4. The van der Waals surface area contributed by atoms with E-state index in [2.05, 4.69) is 0 Å². The van der Waals surface area contributed by atoms with Crippen LogP contribution in [0, 0.1) is 17.0 Å². The van der Waals surface area contributed by atoms with Crippen molar-refractivity contribution in [2.24, 2.45) is 0 Å². The number of hydrogen-bond donors (Lipinski definition) is 0. The van der Waals surface area contributed by atoms with E-state index in [0.29, 0.717) is 44.1 Å². The van der Waals surface area contributed by atoms with E-state index < -0.39 is 4.92 Å². The lowest BCUT2D eigenvalue weighted by Gasteiger charge is -2.28. The third-order valence-corrected chi connectivity index (χ3v) is 4.66. The van der Waals surface area contributed by atoms with E-state index in [1.165, 1.54) is 6.07 Å². The maximum absolute atomic E-state index is 12.7. The van der Waals surface area contributed by atoms with Gasteiger partial charge in [-0.05, 0) is 24.6 Å². The molecule has 1 fully saturated rings. The first-order valence-electron chi connectivity index (χ1n) is 8.88. The van der Waals surface area contributed by atoms with Gasteiger partial charge in [0.05, 0.1) is 18.1 Å². The highest BCUT2D eigenvalue weighted by Crippen LogP contribution is 2.30. The molecule has 1 amide bonds. The number of carbonyl (C=O) groups excluding carboxylic acids is 1. The minimum Gasteiger partial charge on any atom is -0.378 e. The highest BCUT2D eigenvalue weighted by Gasteiger charge is 2.24. The zero-order chi connectivity index (χ0) is 19.4. The van der Waals surface area contributed by atoms with Crippen molar-refractivity contribution < 1.29 is 14.5 Å². The van der Waals surface area contributed by atoms with E-state index in [9.17, 15) is 14.9 Å². The SMILES string of the molecule is Cc1ccc(CN(C)C(=O)c2ccc(N3CCOCC3)c([N+](=O)[O-])c2)cc1. The Bertz CT molecular complexity index is 830. The van der Waals surface area contributed by atoms with Gasteiger partial charge in [-0.3, -0.25) is 14.9 Å². The molecule has 0 atom stereocenters. The summed E-state index contributed by atoms with van der Waals surface area (Å²) in [5, 5.41) is 11.6. The second-order valence-corrected chi connectivity index (χ2v) is 6.71. The molecule has 0 bridgehead atoms. The number of morpholine rings is 1. The Kier molecular flexibility index (Phi) is 5.71. The molecule has 27 heavy (non-hydrogen) atoms. The zero-order valence-corrected chi connectivity index (χ0v) is 15.6. The summed E-state index contributed by atoms with van der Waals surface area (Å²) in [7, 11) is 1.70. The van der Waals surface area contributed by atoms with Crippen LogP contribution in [-0.4, -0.2) is 49.1 Å². The van der Waals surface area contributed by atoms with Crippen LogP contribution in [0.4, 0.5) is 11.4 Å². The average Bonchev–Trinajstić information content (AvgIpc) is 2.69. The number of ether oxygens (including phenoxy) is 1. The van der Waals surface area contributed by atoms with Gasteiger partial charge >= 0.3 is 0 Å². The molecule has 0 N–H and O–H groups in total. The fraction of sp³-hybridized carbons (Fsp3) is 0.350. The lowest BCUT2D eigenvalue weighted by molar-refractivity contribution is -0.384. The van der Waals surface area contributed by atoms with E-state index in [1.54, 1.807) is 24.1 Å². The van der Waals surface area contributed by atoms with Crippen molar-refractivity contribution in [1.29, 1.82) is 0 Å². The van der Waals surface area contributed by atoms with Crippen molar-refractivity contribution in [3.63, 3.8) is 0 Å². The number of nitro groups is 1. The number of aryl methyl sites for hydroxylation is 1. The summed E-state index contributed by atoms with van der Waals surface area (Å²) in [5.74, 6) is -0.243. The summed E-state index contributed by atoms with van der Waals surface area (Å²) in [5.41, 5.74) is 2.96. The topological polar surface area (TPSA) is 75.9 Å². The van der Waals surface area contributed by atoms with Gasteiger partial charge in [-0.2, -0.15) is 0 Å². The lowest BCUT2D eigenvalue weighted by atomic mass is 10.1. The summed E-state index contributed by atoms with van der Waals surface area (Å²) in [6.45, 7) is 4.73. The minimum atomic E-state index is -0.429. The van der Waals surface area contributed by atoms with Crippen molar-refractivity contribution in [1.82, 2.24) is 4.90 Å². The predicted octanol–water partition coefficient (Wildman–Crippen LogP) is 3.01. The van der Waals surface area contributed by atoms with Crippen molar-refractivity contribution in [3.8, 4) is 0 Å². The minimum absolute atomic E-state index is 0.0496. The average molecular weight is 369 g/mol. The van der Waals surface area contributed by atoms with Gasteiger partial charge in [0.25, 0.3) is 11.6 Å². The highest BCUT2D eigenvalue weighted by atomic mass is 16.6. The molecule has 0 spiro atoms. The molecule has 1 aliphatic heterocycles. The number of hydrogen-bond acceptors (Lipinski definition) is 5. The van der Waals surface area contributed by atoms with Crippen molar-refractivity contribution in [2.75, 3.05) is 38.3 Å². The summed E-state index contributed by atoms with van der Waals surface area (Å²) in [4.78, 5) is 27.4. The van der Waals surface area contributed by atoms with Crippen LogP contribution < -0.4 is 4.90 Å². The summed E-state index contributed by atoms with van der Waals surface area (Å²) < 4.78 is 5.31. The van der Waals surface area contributed by atoms with Gasteiger partial charge in [0.1, 0.15) is 5.69 Å². The second kappa shape index (κ2) is 8.18. The molecule has 0 unspecified atom stereocenters. The van der Waals surface area contributed by atoms with E-state index in [0.717, 1.165) is 11.1 Å². The van der Waals surface area contributed by atoms with Gasteiger partial charge in [-0.1, -0.05) is 29.8 Å². The molecule has 142 valence electrons. The fourth-order valence-electron chi connectivity index (χ4n) is 3.13. The van der Waals surface area contributed by atoms with Crippen LogP contribution in [0.2, 0.25) is 0 Å². The Balaban J connectivity index is 1.80. The second-order valence-electron chi connectivity index (χ2n) is 6.71. The van der Waals surface area contributed by atoms with Gasteiger partial charge in [-0.25, -0.2) is 0 Å². The number of benzene rings is 2. The maximum atomic E-state index is 12.7. The van der Waals surface area contributed by atoms with Crippen LogP contribution in [0.25, 0.3) is 0 Å². The van der Waals surface area contributed by atoms with Crippen molar-refractivity contribution in [3.05, 3.63) is 69.3 Å². The molecule has 0 saturated carbocycles. The maximum Gasteiger partial charge on any atom is 0.293 e. The highest BCUT2D eigenvalue weighted by molar-refractivity contribution is 5.95. The Hall–Kier alpha value is -2.93. The number of anilines is 1. The van der Waals surface area contributed by atoms with Crippen LogP contribution in [0.1, 0.15) is 21.5 Å². The van der Waals surface area contributed by atoms with E-state index in [-0.39, 0.29) is 11.6 Å². The van der Waals surface area contributed by atoms with Crippen LogP contribution >= 0.6 is 0 Å². The predicted molar refractivity (Wildman–Crippen MR) is 103 cm³/mol. The van der Waals surface area contributed by atoms with Crippen LogP contribution in [0.3, 0.4) is 0 Å². The molecule has 0 aliphatic carbocycles. The number of nitrogens with zero attached hydrogens (tertiary/aromatic N) is 3. The quantitative estimate of drug-likeness (QED) is 0.598. The number of carbonyl (C=O) groups is 1. The standard InChI is InChI=1S/C20H23N3O4/c1-15-3-5-16(6-4-15)14-21(2)20(24)17-7-8-18(19(13-17)23(25)26)22-9-11-27-12-10-22/h3-8,13H,9-12,14H2,1-2H3. The lowest BCUT2D eigenvalue weighted by Crippen LogP contribution is -2.36. The van der Waals surface area contributed by atoms with Crippen molar-refractivity contribution >= 4 is 17.3 Å². The first-order valence-corrected chi connectivity index (χ1v) is 8.88. The van der Waals surface area contributed by atoms with Gasteiger partial charge < -0.3 is 14.5 Å². The molecule has 2 aromatic carbocycles. The summed E-state index contributed by atoms with van der Waals surface area (Å²) in [6, 6.07) is 12.6. The Labute approximate surface area is 158 Å². The van der Waals surface area contributed by atoms with Gasteiger partial charge in [0.15, 0.2) is 0 Å². The molecule has 7 heteroatoms. The van der Waals surface area contributed by atoms with E-state index in [1.807, 2.05) is 36.1 Å². The van der Waals surface area contributed by atoms with Crippen molar-refractivity contribution in [2.45, 2.75) is 13.5 Å². The van der Waals surface area contributed by atoms with Crippen LogP contribution in [0.5, 0.6) is 0 Å². The number of rotatable bonds is 5. The molecule has 1 saturated heterocycles. The smallest absolute Gasteiger partial charge is 0.293 e. The zero-order valence-electron chi connectivity index (χ0n) is 15.6. The molecule has 3 rings (SSSR count). The van der Waals surface area contributed by atoms with Gasteiger partial charge in [-0.15, -0.1) is 0 Å². The molecular weight excluding hydrogens is 346 g/mol. The summed E-state index contributed by atoms with van der Waals surface area (Å²) >= 11 is 0. The molecule has 0 radical (unpaired) electrons. The molecule has 7 nitrogen and oxygen atoms in total. The molecule has 2 aromatic rings. The molecule has 1 heterocycles. The third kappa shape index (κ3) is 4.43. The van der Waals surface area contributed by atoms with Gasteiger partial charge in [0, 0.05) is 38.3 Å². The number of nitro benzene ring substituents is 1. The van der Waals surface area contributed by atoms with Crippen LogP contribution in [-0.2, 0) is 11.3 Å². The first-order chi connectivity index (χ1) is 13.0. The normalized spacial score (nSPS) is 14.1. The fourth-order valence-corrected chi connectivity index (χ4v) is 3.13. The monoisotopic (exact) mass is 369 g/mol. The Morgan fingerprint density at radius 3 is 2.48 bits per heavy atom. The van der Waals surface area contributed by atoms with E-state index in [4.69, 9.17) is 4.74 Å². The van der Waals surface area contributed by atoms with Gasteiger partial charge in [0.2, 0.25) is 0 Å². The largest absolute Gasteiger partial charge is 0.378 e. The first kappa shape index (κ1) is 18.8. The Morgan fingerprint density at radius 2 is 1.85 bits per heavy atom. The van der Waals surface area contributed by atoms with E-state index >= 15 is 0 Å². The molecule has 0 aromatic heterocycles. The number of amides is 1. The summed E-state index contributed by atoms with van der Waals surface area (Å²) in [6.07, 6.45) is 0.